The Hall–Kier alpha value is -2.48. The van der Waals surface area contributed by atoms with Crippen LogP contribution in [0.25, 0.3) is 0 Å². The number of carbonyl (C=O) groups is 2. The maximum absolute atomic E-state index is 12.8. The van der Waals surface area contributed by atoms with Gasteiger partial charge in [0, 0.05) is 18.6 Å². The number of rotatable bonds is 2. The Bertz CT molecular complexity index is 717. The molecule has 0 aliphatic carbocycles. The van der Waals surface area contributed by atoms with Crippen LogP contribution in [0.2, 0.25) is 5.15 Å². The van der Waals surface area contributed by atoms with E-state index in [0.717, 1.165) is 18.6 Å². The van der Waals surface area contributed by atoms with Crippen LogP contribution in [0.3, 0.4) is 0 Å². The molecule has 0 saturated carbocycles. The zero-order valence-electron chi connectivity index (χ0n) is 10.7. The average molecular weight is 330 g/mol. The van der Waals surface area contributed by atoms with Crippen LogP contribution in [0.5, 0.6) is 0 Å². The van der Waals surface area contributed by atoms with Crippen LogP contribution in [0.1, 0.15) is 26.3 Å². The molecule has 2 aromatic rings. The first-order valence-corrected chi connectivity index (χ1v) is 6.15. The number of carbonyl (C=O) groups excluding carboxylic acids is 2. The lowest BCUT2D eigenvalue weighted by atomic mass is 10.1. The van der Waals surface area contributed by atoms with Crippen LogP contribution < -0.4 is 5.32 Å². The Morgan fingerprint density at radius 1 is 1.09 bits per heavy atom. The lowest BCUT2D eigenvalue weighted by Crippen LogP contribution is -2.32. The second-order valence-electron chi connectivity index (χ2n) is 4.07. The number of pyridine rings is 2. The summed E-state index contributed by atoms with van der Waals surface area (Å²) in [6.45, 7) is 0. The van der Waals surface area contributed by atoms with E-state index in [1.807, 2.05) is 5.32 Å². The largest absolute Gasteiger partial charge is 0.417 e. The Morgan fingerprint density at radius 2 is 1.82 bits per heavy atom. The standard InChI is InChI=1S/C13H7ClF3N3O2/c14-10-2-1-7(5-19-10)11(21)20-12(22)8-6-18-4-3-9(8)13(15,16)17/h1-6H,(H,20,21,22). The summed E-state index contributed by atoms with van der Waals surface area (Å²) < 4.78 is 38.4. The van der Waals surface area contributed by atoms with E-state index in [0.29, 0.717) is 6.07 Å². The van der Waals surface area contributed by atoms with E-state index in [1.54, 1.807) is 0 Å². The van der Waals surface area contributed by atoms with Crippen LogP contribution in [0, 0.1) is 0 Å². The minimum Gasteiger partial charge on any atom is -0.288 e. The summed E-state index contributed by atoms with van der Waals surface area (Å²) in [7, 11) is 0. The molecule has 22 heavy (non-hydrogen) atoms. The van der Waals surface area contributed by atoms with Crippen molar-refractivity contribution in [2.45, 2.75) is 6.18 Å². The average Bonchev–Trinajstić information content (AvgIpc) is 2.47. The van der Waals surface area contributed by atoms with Crippen molar-refractivity contribution < 1.29 is 22.8 Å². The second-order valence-corrected chi connectivity index (χ2v) is 4.46. The first-order valence-electron chi connectivity index (χ1n) is 5.77. The highest BCUT2D eigenvalue weighted by Gasteiger charge is 2.35. The fourth-order valence-corrected chi connectivity index (χ4v) is 1.69. The lowest BCUT2D eigenvalue weighted by Gasteiger charge is -2.11. The van der Waals surface area contributed by atoms with Gasteiger partial charge in [-0.05, 0) is 18.2 Å². The summed E-state index contributed by atoms with van der Waals surface area (Å²) >= 11 is 5.55. The van der Waals surface area contributed by atoms with E-state index < -0.39 is 29.1 Å². The number of nitrogens with one attached hydrogen (secondary N) is 1. The molecule has 0 aliphatic rings. The summed E-state index contributed by atoms with van der Waals surface area (Å²) in [4.78, 5) is 30.7. The molecule has 0 fully saturated rings. The molecule has 0 unspecified atom stereocenters. The zero-order valence-corrected chi connectivity index (χ0v) is 11.4. The quantitative estimate of drug-likeness (QED) is 0.679. The maximum Gasteiger partial charge on any atom is 0.417 e. The number of amides is 2. The molecule has 0 bridgehead atoms. The predicted octanol–water partition coefficient (Wildman–Crippen LogP) is 2.72. The molecule has 2 rings (SSSR count). The first-order chi connectivity index (χ1) is 10.3. The first kappa shape index (κ1) is 15.9. The summed E-state index contributed by atoms with van der Waals surface area (Å²) in [6, 6.07) is 3.25. The van der Waals surface area contributed by atoms with Gasteiger partial charge in [-0.2, -0.15) is 13.2 Å². The van der Waals surface area contributed by atoms with Crippen molar-refractivity contribution in [2.24, 2.45) is 0 Å². The van der Waals surface area contributed by atoms with Crippen LogP contribution >= 0.6 is 11.6 Å². The van der Waals surface area contributed by atoms with Gasteiger partial charge in [0.2, 0.25) is 0 Å². The van der Waals surface area contributed by atoms with Crippen molar-refractivity contribution in [1.82, 2.24) is 15.3 Å². The number of hydrogen-bond acceptors (Lipinski definition) is 4. The Labute approximate surface area is 127 Å². The monoisotopic (exact) mass is 329 g/mol. The summed E-state index contributed by atoms with van der Waals surface area (Å²) in [5, 5.41) is 1.98. The van der Waals surface area contributed by atoms with Crippen molar-refractivity contribution in [1.29, 1.82) is 0 Å². The predicted molar refractivity (Wildman–Crippen MR) is 70.3 cm³/mol. The van der Waals surface area contributed by atoms with Crippen LogP contribution in [0.4, 0.5) is 13.2 Å². The maximum atomic E-state index is 12.8. The topological polar surface area (TPSA) is 72.0 Å². The molecule has 5 nitrogen and oxygen atoms in total. The fourth-order valence-electron chi connectivity index (χ4n) is 1.58. The number of alkyl halides is 3. The van der Waals surface area contributed by atoms with Crippen molar-refractivity contribution in [3.8, 4) is 0 Å². The molecule has 0 spiro atoms. The van der Waals surface area contributed by atoms with Gasteiger partial charge in [0.05, 0.1) is 16.7 Å². The molecule has 0 radical (unpaired) electrons. The SMILES string of the molecule is O=C(NC(=O)c1cnccc1C(F)(F)F)c1ccc(Cl)nc1. The van der Waals surface area contributed by atoms with E-state index in [4.69, 9.17) is 11.6 Å². The molecule has 0 saturated heterocycles. The van der Waals surface area contributed by atoms with Crippen molar-refractivity contribution in [2.75, 3.05) is 0 Å². The van der Waals surface area contributed by atoms with Gasteiger partial charge in [-0.25, -0.2) is 4.98 Å². The third kappa shape index (κ3) is 3.59. The highest BCUT2D eigenvalue weighted by molar-refractivity contribution is 6.29. The Kier molecular flexibility index (Phi) is 4.41. The number of nitrogens with zero attached hydrogens (tertiary/aromatic N) is 2. The highest BCUT2D eigenvalue weighted by Crippen LogP contribution is 2.31. The van der Waals surface area contributed by atoms with Gasteiger partial charge in [-0.15, -0.1) is 0 Å². The number of hydrogen-bond donors (Lipinski definition) is 1. The van der Waals surface area contributed by atoms with E-state index >= 15 is 0 Å². The lowest BCUT2D eigenvalue weighted by molar-refractivity contribution is -0.138. The van der Waals surface area contributed by atoms with E-state index in [-0.39, 0.29) is 10.7 Å². The van der Waals surface area contributed by atoms with Crippen molar-refractivity contribution in [3.63, 3.8) is 0 Å². The number of halogens is 4. The van der Waals surface area contributed by atoms with Crippen molar-refractivity contribution >= 4 is 23.4 Å². The van der Waals surface area contributed by atoms with Gasteiger partial charge in [-0.3, -0.25) is 19.9 Å². The van der Waals surface area contributed by atoms with Crippen LogP contribution in [0.15, 0.2) is 36.8 Å². The van der Waals surface area contributed by atoms with E-state index in [2.05, 4.69) is 9.97 Å². The second kappa shape index (κ2) is 6.10. The minimum atomic E-state index is -4.74. The van der Waals surface area contributed by atoms with Crippen molar-refractivity contribution in [3.05, 3.63) is 58.6 Å². The summed E-state index contributed by atoms with van der Waals surface area (Å²) in [5.74, 6) is -2.11. The third-order valence-corrected chi connectivity index (χ3v) is 2.81. The zero-order chi connectivity index (χ0) is 16.3. The smallest absolute Gasteiger partial charge is 0.288 e. The molecule has 0 aliphatic heterocycles. The third-order valence-electron chi connectivity index (χ3n) is 2.59. The summed E-state index contributed by atoms with van der Waals surface area (Å²) in [5.41, 5.74) is -1.94. The molecule has 2 amide bonds. The Balaban J connectivity index is 2.23. The molecule has 2 heterocycles. The van der Waals surface area contributed by atoms with E-state index in [1.165, 1.54) is 12.1 Å². The van der Waals surface area contributed by atoms with Gasteiger partial charge in [0.15, 0.2) is 0 Å². The van der Waals surface area contributed by atoms with Gasteiger partial charge < -0.3 is 0 Å². The summed E-state index contributed by atoms with van der Waals surface area (Å²) in [6.07, 6.45) is -1.99. The Morgan fingerprint density at radius 3 is 2.41 bits per heavy atom. The molecule has 0 aromatic carbocycles. The van der Waals surface area contributed by atoms with Gasteiger partial charge in [0.25, 0.3) is 11.8 Å². The highest BCUT2D eigenvalue weighted by atomic mass is 35.5. The molecule has 9 heteroatoms. The minimum absolute atomic E-state index is 0.0183. The number of aromatic nitrogens is 2. The fraction of sp³-hybridized carbons (Fsp3) is 0.0769. The van der Waals surface area contributed by atoms with Gasteiger partial charge >= 0.3 is 6.18 Å². The number of imide groups is 1. The normalized spacial score (nSPS) is 11.1. The van der Waals surface area contributed by atoms with Crippen LogP contribution in [-0.4, -0.2) is 21.8 Å². The van der Waals surface area contributed by atoms with Gasteiger partial charge in [-0.1, -0.05) is 11.6 Å². The van der Waals surface area contributed by atoms with Gasteiger partial charge in [0.1, 0.15) is 5.15 Å². The van der Waals surface area contributed by atoms with Crippen LogP contribution in [-0.2, 0) is 6.18 Å². The van der Waals surface area contributed by atoms with E-state index in [9.17, 15) is 22.8 Å². The molecule has 114 valence electrons. The molecule has 0 atom stereocenters. The molecular weight excluding hydrogens is 323 g/mol. The molecule has 1 N–H and O–H groups in total. The molecule has 2 aromatic heterocycles. The molecular formula is C13H7ClF3N3O2.